The molecular formula is C28H49NO2. The molecule has 1 amide bonds. The summed E-state index contributed by atoms with van der Waals surface area (Å²) < 4.78 is 4.98. The Morgan fingerprint density at radius 2 is 1.71 bits per heavy atom. The maximum atomic E-state index is 10.8. The van der Waals surface area contributed by atoms with Gasteiger partial charge in [-0.25, -0.2) is 4.79 Å². The molecule has 0 heterocycles. The van der Waals surface area contributed by atoms with Gasteiger partial charge in [-0.2, -0.15) is 0 Å². The van der Waals surface area contributed by atoms with Crippen molar-refractivity contribution in [3.05, 3.63) is 0 Å². The summed E-state index contributed by atoms with van der Waals surface area (Å²) in [5, 5.41) is 0. The van der Waals surface area contributed by atoms with E-state index in [4.69, 9.17) is 10.5 Å². The number of rotatable bonds is 7. The van der Waals surface area contributed by atoms with E-state index in [1.165, 1.54) is 77.0 Å². The third-order valence-corrected chi connectivity index (χ3v) is 11.2. The molecule has 0 spiro atoms. The fourth-order valence-corrected chi connectivity index (χ4v) is 9.57. The highest BCUT2D eigenvalue weighted by Crippen LogP contribution is 2.68. The van der Waals surface area contributed by atoms with E-state index < -0.39 is 6.09 Å². The molecule has 31 heavy (non-hydrogen) atoms. The van der Waals surface area contributed by atoms with Crippen molar-refractivity contribution in [1.82, 2.24) is 0 Å². The van der Waals surface area contributed by atoms with Crippen LogP contribution in [0.3, 0.4) is 0 Å². The highest BCUT2D eigenvalue weighted by atomic mass is 16.5. The summed E-state index contributed by atoms with van der Waals surface area (Å²) in [4.78, 5) is 10.8. The molecule has 9 atom stereocenters. The molecule has 0 aromatic rings. The van der Waals surface area contributed by atoms with Gasteiger partial charge in [0.25, 0.3) is 0 Å². The van der Waals surface area contributed by atoms with E-state index in [9.17, 15) is 4.79 Å². The summed E-state index contributed by atoms with van der Waals surface area (Å²) in [7, 11) is 0. The molecule has 0 saturated heterocycles. The van der Waals surface area contributed by atoms with E-state index in [2.05, 4.69) is 27.7 Å². The number of primary amides is 1. The average molecular weight is 432 g/mol. The van der Waals surface area contributed by atoms with Crippen LogP contribution < -0.4 is 5.73 Å². The van der Waals surface area contributed by atoms with Crippen LogP contribution in [0.25, 0.3) is 0 Å². The van der Waals surface area contributed by atoms with Gasteiger partial charge in [0.15, 0.2) is 0 Å². The highest BCUT2D eigenvalue weighted by Gasteiger charge is 2.59. The molecule has 0 aromatic heterocycles. The molecule has 4 aliphatic carbocycles. The molecule has 0 aliphatic heterocycles. The second-order valence-corrected chi connectivity index (χ2v) is 12.8. The Labute approximate surface area is 191 Å². The zero-order valence-electron chi connectivity index (χ0n) is 20.8. The zero-order valence-corrected chi connectivity index (χ0v) is 20.8. The van der Waals surface area contributed by atoms with E-state index in [-0.39, 0.29) is 0 Å². The fraction of sp³-hybridized carbons (Fsp3) is 0.964. The first-order chi connectivity index (χ1) is 14.8. The molecule has 4 aliphatic rings. The predicted octanol–water partition coefficient (Wildman–Crippen LogP) is 7.57. The third kappa shape index (κ3) is 4.41. The summed E-state index contributed by atoms with van der Waals surface area (Å²) in [6.07, 6.45) is 18.1. The number of nitrogens with two attached hydrogens (primary N) is 1. The highest BCUT2D eigenvalue weighted by molar-refractivity contribution is 5.64. The fourth-order valence-electron chi connectivity index (χ4n) is 9.57. The molecule has 4 saturated carbocycles. The van der Waals surface area contributed by atoms with Crippen molar-refractivity contribution in [2.75, 3.05) is 6.61 Å². The first-order valence-electron chi connectivity index (χ1n) is 13.7. The Hall–Kier alpha value is -0.730. The lowest BCUT2D eigenvalue weighted by molar-refractivity contribution is -0.114. The number of carbonyl (C=O) groups is 1. The maximum Gasteiger partial charge on any atom is 0.404 e. The smallest absolute Gasteiger partial charge is 0.404 e. The van der Waals surface area contributed by atoms with Gasteiger partial charge in [-0.05, 0) is 110 Å². The molecule has 3 heteroatoms. The van der Waals surface area contributed by atoms with Crippen LogP contribution in [0.5, 0.6) is 0 Å². The third-order valence-electron chi connectivity index (χ3n) is 11.2. The summed E-state index contributed by atoms with van der Waals surface area (Å²) in [6.45, 7) is 10.6. The maximum absolute atomic E-state index is 10.8. The molecule has 4 fully saturated rings. The lowest BCUT2D eigenvalue weighted by Gasteiger charge is -2.61. The second kappa shape index (κ2) is 9.26. The van der Waals surface area contributed by atoms with E-state index >= 15 is 0 Å². The zero-order chi connectivity index (χ0) is 22.2. The molecular weight excluding hydrogens is 382 g/mol. The van der Waals surface area contributed by atoms with Crippen molar-refractivity contribution in [2.24, 2.45) is 58.0 Å². The Bertz CT molecular complexity index is 635. The summed E-state index contributed by atoms with van der Waals surface area (Å²) in [5.41, 5.74) is 6.35. The van der Waals surface area contributed by atoms with Gasteiger partial charge in [0.2, 0.25) is 0 Å². The molecule has 4 rings (SSSR count). The van der Waals surface area contributed by atoms with Crippen LogP contribution in [-0.2, 0) is 4.74 Å². The van der Waals surface area contributed by atoms with Crippen molar-refractivity contribution < 1.29 is 9.53 Å². The summed E-state index contributed by atoms with van der Waals surface area (Å²) >= 11 is 0. The Balaban J connectivity index is 1.34. The van der Waals surface area contributed by atoms with E-state index in [1.807, 2.05) is 0 Å². The van der Waals surface area contributed by atoms with Crippen LogP contribution in [0.2, 0.25) is 0 Å². The van der Waals surface area contributed by atoms with Gasteiger partial charge < -0.3 is 10.5 Å². The normalized spacial score (nSPS) is 43.9. The van der Waals surface area contributed by atoms with Crippen LogP contribution in [0.15, 0.2) is 0 Å². The van der Waals surface area contributed by atoms with E-state index in [0.29, 0.717) is 23.4 Å². The van der Waals surface area contributed by atoms with Gasteiger partial charge >= 0.3 is 6.09 Å². The van der Waals surface area contributed by atoms with Gasteiger partial charge in [-0.1, -0.05) is 53.4 Å². The quantitative estimate of drug-likeness (QED) is 0.452. The van der Waals surface area contributed by atoms with E-state index in [0.717, 1.165) is 41.9 Å². The Morgan fingerprint density at radius 1 is 0.935 bits per heavy atom. The number of fused-ring (bicyclic) bond motifs is 5. The number of hydrogen-bond acceptors (Lipinski definition) is 2. The SMILES string of the molecule is CC(CCC[C@@H](C)[C@H]1CC[C@H]2[C@@H]3CCC4CCCC[C@]4(C)[C@H]3CC[C@]12C)COC(N)=O. The standard InChI is InChI=1S/C28H49NO2/c1-19(18-31-26(29)30)8-7-9-20(2)23-13-14-24-22-12-11-21-10-5-6-16-27(21,3)25(22)15-17-28(23,24)4/h19-25H,5-18H2,1-4H3,(H2,29,30)/t19?,20-,21?,22+,23-,24+,25+,27+,28-/m1/s1. The van der Waals surface area contributed by atoms with Crippen LogP contribution in [-0.4, -0.2) is 12.7 Å². The van der Waals surface area contributed by atoms with Crippen LogP contribution in [0, 0.1) is 52.3 Å². The number of carbonyl (C=O) groups excluding carboxylic acids is 1. The van der Waals surface area contributed by atoms with Gasteiger partial charge in [-0.3, -0.25) is 0 Å². The first-order valence-corrected chi connectivity index (χ1v) is 13.7. The van der Waals surface area contributed by atoms with Gasteiger partial charge in [0, 0.05) is 0 Å². The minimum absolute atomic E-state index is 0.411. The van der Waals surface area contributed by atoms with Gasteiger partial charge in [0.05, 0.1) is 6.61 Å². The van der Waals surface area contributed by atoms with Crippen LogP contribution in [0.4, 0.5) is 4.79 Å². The topological polar surface area (TPSA) is 52.3 Å². The van der Waals surface area contributed by atoms with E-state index in [1.54, 1.807) is 0 Å². The number of hydrogen-bond donors (Lipinski definition) is 1. The summed E-state index contributed by atoms with van der Waals surface area (Å²) in [6, 6.07) is 0. The van der Waals surface area contributed by atoms with Crippen LogP contribution in [0.1, 0.15) is 111 Å². The van der Waals surface area contributed by atoms with Crippen molar-refractivity contribution >= 4 is 6.09 Å². The van der Waals surface area contributed by atoms with Crippen molar-refractivity contribution in [2.45, 2.75) is 111 Å². The minimum atomic E-state index is -0.642. The first kappa shape index (κ1) is 23.4. The predicted molar refractivity (Wildman–Crippen MR) is 128 cm³/mol. The minimum Gasteiger partial charge on any atom is -0.449 e. The van der Waals surface area contributed by atoms with Crippen molar-refractivity contribution in [3.63, 3.8) is 0 Å². The average Bonchev–Trinajstić information content (AvgIpc) is 3.09. The molecule has 0 bridgehead atoms. The largest absolute Gasteiger partial charge is 0.449 e. The molecule has 3 nitrogen and oxygen atoms in total. The molecule has 2 unspecified atom stereocenters. The summed E-state index contributed by atoms with van der Waals surface area (Å²) in [5.74, 6) is 6.19. The van der Waals surface area contributed by atoms with Crippen molar-refractivity contribution in [1.29, 1.82) is 0 Å². The lowest BCUT2D eigenvalue weighted by atomic mass is 9.44. The molecule has 2 N–H and O–H groups in total. The van der Waals surface area contributed by atoms with Crippen LogP contribution >= 0.6 is 0 Å². The Kier molecular flexibility index (Phi) is 7.00. The molecule has 0 radical (unpaired) electrons. The number of amides is 1. The molecule has 0 aromatic carbocycles. The van der Waals surface area contributed by atoms with Gasteiger partial charge in [-0.15, -0.1) is 0 Å². The van der Waals surface area contributed by atoms with Gasteiger partial charge in [0.1, 0.15) is 0 Å². The number of ether oxygens (including phenoxy) is 1. The Morgan fingerprint density at radius 3 is 2.48 bits per heavy atom. The lowest BCUT2D eigenvalue weighted by Crippen LogP contribution is -2.53. The van der Waals surface area contributed by atoms with Crippen molar-refractivity contribution in [3.8, 4) is 0 Å². The second-order valence-electron chi connectivity index (χ2n) is 12.8. The monoisotopic (exact) mass is 431 g/mol. The molecule has 178 valence electrons.